The molecule has 4 amide bonds. The Morgan fingerprint density at radius 3 is 2.58 bits per heavy atom. The summed E-state index contributed by atoms with van der Waals surface area (Å²) in [5.74, 6) is -1.55. The fraction of sp³-hybridized carbons (Fsp3) is 0.615. The average molecular weight is 750 g/mol. The molecule has 13 nitrogen and oxygen atoms in total. The number of carbonyl (C=O) groups excluding carboxylic acids is 4. The highest BCUT2D eigenvalue weighted by Gasteiger charge is 2.63. The van der Waals surface area contributed by atoms with E-state index in [1.54, 1.807) is 20.8 Å². The van der Waals surface area contributed by atoms with Gasteiger partial charge in [0.2, 0.25) is 21.8 Å². The van der Waals surface area contributed by atoms with Gasteiger partial charge >= 0.3 is 6.09 Å². The maximum absolute atomic E-state index is 14.7. The number of sulfonamides is 1. The third kappa shape index (κ3) is 7.61. The van der Waals surface area contributed by atoms with Crippen LogP contribution in [0.4, 0.5) is 4.79 Å². The first-order valence-electron chi connectivity index (χ1n) is 18.9. The predicted molar refractivity (Wildman–Crippen MR) is 197 cm³/mol. The van der Waals surface area contributed by atoms with Crippen molar-refractivity contribution in [2.45, 2.75) is 139 Å². The highest BCUT2D eigenvalue weighted by molar-refractivity contribution is 7.91. The first-order valence-corrected chi connectivity index (χ1v) is 20.5. The van der Waals surface area contributed by atoms with Crippen molar-refractivity contribution in [3.8, 4) is 5.75 Å². The van der Waals surface area contributed by atoms with E-state index in [-0.39, 0.29) is 19.4 Å². The van der Waals surface area contributed by atoms with Gasteiger partial charge in [0.05, 0.1) is 23.0 Å². The average Bonchev–Trinajstić information content (AvgIpc) is 4.00. The number of amides is 4. The van der Waals surface area contributed by atoms with E-state index in [2.05, 4.69) is 21.4 Å². The fourth-order valence-electron chi connectivity index (χ4n) is 8.16. The fourth-order valence-corrected chi connectivity index (χ4v) is 9.52. The van der Waals surface area contributed by atoms with Crippen molar-refractivity contribution in [3.63, 3.8) is 0 Å². The molecule has 14 heteroatoms. The lowest BCUT2D eigenvalue weighted by atomic mass is 9.87. The van der Waals surface area contributed by atoms with Gasteiger partial charge in [0, 0.05) is 23.3 Å². The van der Waals surface area contributed by atoms with Crippen LogP contribution < -0.4 is 20.1 Å². The number of alkyl carbamates (subject to hydrolysis) is 1. The Morgan fingerprint density at radius 1 is 1.08 bits per heavy atom. The highest BCUT2D eigenvalue weighted by atomic mass is 32.2. The van der Waals surface area contributed by atoms with Gasteiger partial charge in [-0.15, -0.1) is 0 Å². The van der Waals surface area contributed by atoms with Crippen LogP contribution in [0.2, 0.25) is 0 Å². The zero-order valence-corrected chi connectivity index (χ0v) is 32.1. The topological polar surface area (TPSA) is 173 Å². The molecule has 5 atom stereocenters. The van der Waals surface area contributed by atoms with Crippen LogP contribution in [0.1, 0.15) is 102 Å². The van der Waals surface area contributed by atoms with E-state index in [4.69, 9.17) is 14.5 Å². The monoisotopic (exact) mass is 749 g/mol. The standard InChI is InChI=1S/C39H51N5O8S/c1-23-13-16-29-28(19-23)27-17-18-38(51-32(27)24(2)40-29)21-31-33(45)42-39(35(47)43-53(49,50)26-14-15-26)20-25(39)11-9-7-6-8-10-12-30(34(46)44(31)22-38)41-36(48)52-37(3,4)5/h9,11,13,16,19,25-26,30-31H,6-8,10,12,14-15,17-18,20-22H2,1-5H3,(H,41,48)(H,42,45)(H,43,47). The van der Waals surface area contributed by atoms with Crippen LogP contribution in [0.15, 0.2) is 30.4 Å². The first kappa shape index (κ1) is 37.1. The van der Waals surface area contributed by atoms with Crippen molar-refractivity contribution in [1.82, 2.24) is 25.2 Å². The van der Waals surface area contributed by atoms with E-state index in [1.807, 2.05) is 38.1 Å². The molecule has 5 unspecified atom stereocenters. The van der Waals surface area contributed by atoms with Gasteiger partial charge in [-0.25, -0.2) is 18.2 Å². The zero-order valence-electron chi connectivity index (χ0n) is 31.3. The predicted octanol–water partition coefficient (Wildman–Crippen LogP) is 4.41. The van der Waals surface area contributed by atoms with Crippen LogP contribution in [0.5, 0.6) is 5.75 Å². The number of rotatable bonds is 4. The zero-order chi connectivity index (χ0) is 37.9. The summed E-state index contributed by atoms with van der Waals surface area (Å²) in [6.07, 6.45) is 8.89. The van der Waals surface area contributed by atoms with E-state index < -0.39 is 73.8 Å². The largest absolute Gasteiger partial charge is 0.483 e. The minimum Gasteiger partial charge on any atom is -0.483 e. The molecule has 1 spiro atoms. The van der Waals surface area contributed by atoms with Crippen LogP contribution in [0.3, 0.4) is 0 Å². The summed E-state index contributed by atoms with van der Waals surface area (Å²) in [4.78, 5) is 62.4. The molecule has 3 aliphatic heterocycles. The molecule has 1 saturated heterocycles. The number of carbonyl (C=O) groups is 4. The molecule has 0 bridgehead atoms. The van der Waals surface area contributed by atoms with E-state index in [0.717, 1.165) is 34.9 Å². The van der Waals surface area contributed by atoms with Gasteiger partial charge in [0.1, 0.15) is 34.6 Å². The van der Waals surface area contributed by atoms with Crippen molar-refractivity contribution in [2.24, 2.45) is 5.92 Å². The maximum atomic E-state index is 14.7. The summed E-state index contributed by atoms with van der Waals surface area (Å²) in [5, 5.41) is 6.12. The Bertz CT molecular complexity index is 1990. The number of ether oxygens (including phenoxy) is 2. The summed E-state index contributed by atoms with van der Waals surface area (Å²) in [5.41, 5.74) is 0.484. The van der Waals surface area contributed by atoms with Crippen molar-refractivity contribution in [2.75, 3.05) is 6.54 Å². The SMILES string of the molecule is Cc1ccc2nc(C)c3c(c2c1)CCC1(CC2C(=O)NC4(C(=O)NS(=O)(=O)C5CC5)CC4C=CCCCCCC(NC(=O)OC(C)(C)C)C(=O)N2C1)O3. The van der Waals surface area contributed by atoms with E-state index in [9.17, 15) is 27.6 Å². The van der Waals surface area contributed by atoms with E-state index >= 15 is 0 Å². The number of allylic oxidation sites excluding steroid dienone is 1. The second-order valence-corrected chi connectivity index (χ2v) is 18.7. The number of aryl methyl sites for hydroxylation is 3. The number of hydrogen-bond acceptors (Lipinski definition) is 9. The summed E-state index contributed by atoms with van der Waals surface area (Å²) >= 11 is 0. The van der Waals surface area contributed by atoms with Crippen molar-refractivity contribution in [1.29, 1.82) is 0 Å². The van der Waals surface area contributed by atoms with Crippen molar-refractivity contribution >= 4 is 44.7 Å². The normalized spacial score (nSPS) is 29.2. The summed E-state index contributed by atoms with van der Waals surface area (Å²) in [6, 6.07) is 4.07. The molecule has 2 aliphatic carbocycles. The number of fused-ring (bicyclic) bond motifs is 5. The smallest absolute Gasteiger partial charge is 0.408 e. The second kappa shape index (κ2) is 13.6. The third-order valence-electron chi connectivity index (χ3n) is 11.2. The summed E-state index contributed by atoms with van der Waals surface area (Å²) < 4.78 is 40.4. The van der Waals surface area contributed by atoms with Gasteiger partial charge in [0.25, 0.3) is 5.91 Å². The molecule has 3 N–H and O–H groups in total. The Morgan fingerprint density at radius 2 is 1.85 bits per heavy atom. The van der Waals surface area contributed by atoms with E-state index in [1.165, 1.54) is 4.90 Å². The van der Waals surface area contributed by atoms with Crippen molar-refractivity contribution < 1.29 is 37.1 Å². The molecule has 2 saturated carbocycles. The van der Waals surface area contributed by atoms with Crippen LogP contribution >= 0.6 is 0 Å². The van der Waals surface area contributed by atoms with Gasteiger partial charge in [-0.3, -0.25) is 19.1 Å². The number of aromatic nitrogens is 1. The molecule has 1 aromatic heterocycles. The van der Waals surface area contributed by atoms with E-state index in [0.29, 0.717) is 56.4 Å². The molecule has 286 valence electrons. The first-order chi connectivity index (χ1) is 25.0. The lowest BCUT2D eigenvalue weighted by Crippen LogP contribution is -2.58. The molecule has 0 radical (unpaired) electrons. The molecular weight excluding hydrogens is 699 g/mol. The summed E-state index contributed by atoms with van der Waals surface area (Å²) in [6.45, 7) is 9.23. The number of pyridine rings is 1. The lowest BCUT2D eigenvalue weighted by Gasteiger charge is -2.37. The minimum absolute atomic E-state index is 0.0692. The van der Waals surface area contributed by atoms with Gasteiger partial charge in [-0.05, 0) is 98.1 Å². The molecule has 4 heterocycles. The Balaban J connectivity index is 1.23. The van der Waals surface area contributed by atoms with Gasteiger partial charge in [-0.2, -0.15) is 0 Å². The Labute approximate surface area is 311 Å². The second-order valence-electron chi connectivity index (χ2n) is 16.7. The minimum atomic E-state index is -3.88. The van der Waals surface area contributed by atoms with Gasteiger partial charge in [-0.1, -0.05) is 36.6 Å². The number of hydrogen-bond donors (Lipinski definition) is 3. The van der Waals surface area contributed by atoms with Gasteiger partial charge in [0.15, 0.2) is 0 Å². The number of nitrogens with one attached hydrogen (secondary N) is 3. The van der Waals surface area contributed by atoms with Crippen LogP contribution in [-0.4, -0.2) is 82.7 Å². The third-order valence-corrected chi connectivity index (χ3v) is 13.0. The Kier molecular flexibility index (Phi) is 9.51. The molecule has 5 aliphatic rings. The number of nitrogens with zero attached hydrogens (tertiary/aromatic N) is 2. The molecule has 1 aromatic carbocycles. The number of benzene rings is 1. The van der Waals surface area contributed by atoms with Crippen LogP contribution in [-0.2, 0) is 35.6 Å². The quantitative estimate of drug-likeness (QED) is 0.383. The van der Waals surface area contributed by atoms with Crippen LogP contribution in [0, 0.1) is 19.8 Å². The molecule has 53 heavy (non-hydrogen) atoms. The molecule has 7 rings (SSSR count). The molecule has 3 fully saturated rings. The summed E-state index contributed by atoms with van der Waals surface area (Å²) in [7, 11) is -3.88. The lowest BCUT2D eigenvalue weighted by molar-refractivity contribution is -0.141. The molecular formula is C39H51N5O8S. The van der Waals surface area contributed by atoms with Gasteiger partial charge < -0.3 is 25.0 Å². The highest BCUT2D eigenvalue weighted by Crippen LogP contribution is 2.48. The van der Waals surface area contributed by atoms with Crippen LogP contribution in [0.25, 0.3) is 10.9 Å². The van der Waals surface area contributed by atoms with Crippen molar-refractivity contribution in [3.05, 3.63) is 47.2 Å². The molecule has 2 aromatic rings. The Hall–Kier alpha value is -4.20. The maximum Gasteiger partial charge on any atom is 0.408 e.